The van der Waals surface area contributed by atoms with E-state index in [0.717, 1.165) is 12.8 Å². The minimum absolute atomic E-state index is 0.0482. The summed E-state index contributed by atoms with van der Waals surface area (Å²) >= 11 is 0. The summed E-state index contributed by atoms with van der Waals surface area (Å²) in [6.07, 6.45) is 1.67. The van der Waals surface area contributed by atoms with Crippen molar-refractivity contribution in [2.24, 2.45) is 11.8 Å². The summed E-state index contributed by atoms with van der Waals surface area (Å²) < 4.78 is 4.80. The van der Waals surface area contributed by atoms with Crippen molar-refractivity contribution in [2.45, 2.75) is 39.2 Å². The number of nitrogens with one attached hydrogen (secondary N) is 1. The number of carboxylic acid groups (broad SMARTS) is 1. The molecule has 0 aromatic rings. The Morgan fingerprint density at radius 2 is 2.00 bits per heavy atom. The van der Waals surface area contributed by atoms with Crippen molar-refractivity contribution in [3.8, 4) is 0 Å². The summed E-state index contributed by atoms with van der Waals surface area (Å²) in [6, 6.07) is -1.03. The van der Waals surface area contributed by atoms with Gasteiger partial charge < -0.3 is 15.2 Å². The average molecular weight is 257 g/mol. The highest BCUT2D eigenvalue weighted by Gasteiger charge is 2.33. The lowest BCUT2D eigenvalue weighted by Crippen LogP contribution is -2.43. The molecule has 0 aromatic heterocycles. The molecule has 6 nitrogen and oxygen atoms in total. The molecule has 102 valence electrons. The molecule has 1 rings (SSSR count). The van der Waals surface area contributed by atoms with E-state index in [1.165, 1.54) is 0 Å². The quantitative estimate of drug-likeness (QED) is 0.650. The highest BCUT2D eigenvalue weighted by molar-refractivity contribution is 5.86. The van der Waals surface area contributed by atoms with Crippen molar-refractivity contribution in [1.29, 1.82) is 0 Å². The lowest BCUT2D eigenvalue weighted by Gasteiger charge is -2.17. The molecule has 0 radical (unpaired) electrons. The number of rotatable bonds is 7. The molecule has 0 bridgehead atoms. The van der Waals surface area contributed by atoms with Crippen LogP contribution in [0.2, 0.25) is 0 Å². The van der Waals surface area contributed by atoms with Gasteiger partial charge in [-0.2, -0.15) is 0 Å². The van der Waals surface area contributed by atoms with E-state index in [4.69, 9.17) is 9.84 Å². The Bertz CT molecular complexity index is 337. The highest BCUT2D eigenvalue weighted by atomic mass is 16.5. The van der Waals surface area contributed by atoms with Crippen LogP contribution in [-0.2, 0) is 19.1 Å². The van der Waals surface area contributed by atoms with Crippen LogP contribution < -0.4 is 5.32 Å². The number of carbonyl (C=O) groups is 3. The van der Waals surface area contributed by atoms with E-state index in [1.54, 1.807) is 13.8 Å². The predicted octanol–water partition coefficient (Wildman–Crippen LogP) is 0.555. The molecule has 2 N–H and O–H groups in total. The monoisotopic (exact) mass is 257 g/mol. The zero-order valence-electron chi connectivity index (χ0n) is 10.6. The fraction of sp³-hybridized carbons (Fsp3) is 0.750. The molecular weight excluding hydrogens is 238 g/mol. The van der Waals surface area contributed by atoms with Crippen molar-refractivity contribution in [3.63, 3.8) is 0 Å². The number of carbonyl (C=O) groups excluding carboxylic acids is 2. The summed E-state index contributed by atoms with van der Waals surface area (Å²) in [6.45, 7) is 3.54. The Kier molecular flexibility index (Phi) is 5.12. The van der Waals surface area contributed by atoms with Gasteiger partial charge in [-0.25, -0.2) is 4.79 Å². The Morgan fingerprint density at radius 3 is 2.44 bits per heavy atom. The molecule has 0 aromatic carbocycles. The Labute approximate surface area is 106 Å². The smallest absolute Gasteiger partial charge is 0.326 e. The summed E-state index contributed by atoms with van der Waals surface area (Å²) in [5.74, 6) is -2.40. The summed E-state index contributed by atoms with van der Waals surface area (Å²) in [4.78, 5) is 33.9. The van der Waals surface area contributed by atoms with Crippen LogP contribution in [0.5, 0.6) is 0 Å². The normalized spacial score (nSPS) is 17.7. The second-order valence-corrected chi connectivity index (χ2v) is 4.56. The first-order chi connectivity index (χ1) is 8.45. The van der Waals surface area contributed by atoms with Crippen LogP contribution in [0.1, 0.15) is 33.1 Å². The van der Waals surface area contributed by atoms with E-state index in [-0.39, 0.29) is 24.9 Å². The lowest BCUT2D eigenvalue weighted by molar-refractivity contribution is -0.149. The predicted molar refractivity (Wildman–Crippen MR) is 62.7 cm³/mol. The number of ether oxygens (including phenoxy) is 1. The molecule has 0 saturated heterocycles. The van der Waals surface area contributed by atoms with Crippen LogP contribution in [0.4, 0.5) is 0 Å². The molecule has 1 aliphatic rings. The third-order valence-corrected chi connectivity index (χ3v) is 2.84. The van der Waals surface area contributed by atoms with Crippen LogP contribution in [0.3, 0.4) is 0 Å². The second kappa shape index (κ2) is 6.37. The zero-order valence-corrected chi connectivity index (χ0v) is 10.6. The maximum atomic E-state index is 11.5. The second-order valence-electron chi connectivity index (χ2n) is 4.56. The molecule has 18 heavy (non-hydrogen) atoms. The first-order valence-electron chi connectivity index (χ1n) is 6.15. The number of hydrogen-bond donors (Lipinski definition) is 2. The Morgan fingerprint density at radius 1 is 1.39 bits per heavy atom. The summed E-state index contributed by atoms with van der Waals surface area (Å²) in [7, 11) is 0. The third kappa shape index (κ3) is 4.35. The van der Waals surface area contributed by atoms with Gasteiger partial charge in [-0.1, -0.05) is 6.92 Å². The number of amides is 1. The number of esters is 1. The van der Waals surface area contributed by atoms with Crippen LogP contribution >= 0.6 is 0 Å². The number of hydrogen-bond acceptors (Lipinski definition) is 4. The van der Waals surface area contributed by atoms with Crippen molar-refractivity contribution >= 4 is 17.8 Å². The van der Waals surface area contributed by atoms with Crippen molar-refractivity contribution in [1.82, 2.24) is 5.32 Å². The van der Waals surface area contributed by atoms with Crippen LogP contribution in [0, 0.1) is 11.8 Å². The van der Waals surface area contributed by atoms with Crippen molar-refractivity contribution in [3.05, 3.63) is 0 Å². The fourth-order valence-corrected chi connectivity index (χ4v) is 1.59. The highest BCUT2D eigenvalue weighted by Crippen LogP contribution is 2.29. The first-order valence-corrected chi connectivity index (χ1v) is 6.15. The van der Waals surface area contributed by atoms with Crippen LogP contribution in [0.25, 0.3) is 0 Å². The molecule has 1 fully saturated rings. The average Bonchev–Trinajstić information content (AvgIpc) is 3.11. The number of carboxylic acids is 1. The molecule has 1 amide bonds. The van der Waals surface area contributed by atoms with E-state index in [1.807, 2.05) is 0 Å². The van der Waals surface area contributed by atoms with Gasteiger partial charge in [0.1, 0.15) is 6.04 Å². The standard InChI is InChI=1S/C12H19NO5/c1-3-18-12(17)7(2)6-9(11(15)16)13-10(14)8-4-5-8/h7-9H,3-6H2,1-2H3,(H,13,14)(H,15,16)/t7-,9-/m1/s1. The van der Waals surface area contributed by atoms with E-state index >= 15 is 0 Å². The minimum atomic E-state index is -1.12. The lowest BCUT2D eigenvalue weighted by atomic mass is 10.0. The van der Waals surface area contributed by atoms with Gasteiger partial charge in [-0.3, -0.25) is 9.59 Å². The van der Waals surface area contributed by atoms with E-state index in [0.29, 0.717) is 0 Å². The molecule has 0 heterocycles. The molecular formula is C12H19NO5. The van der Waals surface area contributed by atoms with Gasteiger partial charge in [0.05, 0.1) is 12.5 Å². The maximum Gasteiger partial charge on any atom is 0.326 e. The van der Waals surface area contributed by atoms with E-state index < -0.39 is 23.9 Å². The SMILES string of the molecule is CCOC(=O)[C@H](C)C[C@@H](NC(=O)C1CC1)C(=O)O. The topological polar surface area (TPSA) is 92.7 Å². The minimum Gasteiger partial charge on any atom is -0.480 e. The third-order valence-electron chi connectivity index (χ3n) is 2.84. The van der Waals surface area contributed by atoms with Crippen molar-refractivity contribution in [2.75, 3.05) is 6.61 Å². The van der Waals surface area contributed by atoms with Gasteiger partial charge in [-0.15, -0.1) is 0 Å². The largest absolute Gasteiger partial charge is 0.480 e. The number of aliphatic carboxylic acids is 1. The van der Waals surface area contributed by atoms with Crippen molar-refractivity contribution < 1.29 is 24.2 Å². The van der Waals surface area contributed by atoms with Gasteiger partial charge in [0.2, 0.25) is 5.91 Å². The van der Waals surface area contributed by atoms with Gasteiger partial charge in [0.15, 0.2) is 0 Å². The first kappa shape index (κ1) is 14.5. The van der Waals surface area contributed by atoms with Gasteiger partial charge in [0.25, 0.3) is 0 Å². The van der Waals surface area contributed by atoms with Crippen LogP contribution in [0.15, 0.2) is 0 Å². The Balaban J connectivity index is 2.48. The molecule has 0 aliphatic heterocycles. The summed E-state index contributed by atoms with van der Waals surface area (Å²) in [5, 5.41) is 11.5. The van der Waals surface area contributed by atoms with Crippen LogP contribution in [-0.4, -0.2) is 35.6 Å². The van der Waals surface area contributed by atoms with E-state index in [9.17, 15) is 14.4 Å². The van der Waals surface area contributed by atoms with Gasteiger partial charge in [0, 0.05) is 5.92 Å². The Hall–Kier alpha value is -1.59. The molecule has 0 spiro atoms. The molecule has 1 aliphatic carbocycles. The molecule has 6 heteroatoms. The molecule has 2 atom stereocenters. The molecule has 1 saturated carbocycles. The fourth-order valence-electron chi connectivity index (χ4n) is 1.59. The maximum absolute atomic E-state index is 11.5. The van der Waals surface area contributed by atoms with Gasteiger partial charge in [-0.05, 0) is 26.2 Å². The summed E-state index contributed by atoms with van der Waals surface area (Å²) in [5.41, 5.74) is 0. The molecule has 0 unspecified atom stereocenters. The van der Waals surface area contributed by atoms with Gasteiger partial charge >= 0.3 is 11.9 Å². The zero-order chi connectivity index (χ0) is 13.7. The van der Waals surface area contributed by atoms with E-state index in [2.05, 4.69) is 5.32 Å².